The van der Waals surface area contributed by atoms with Crippen molar-refractivity contribution in [3.05, 3.63) is 35.4 Å². The van der Waals surface area contributed by atoms with E-state index >= 15 is 0 Å². The highest BCUT2D eigenvalue weighted by molar-refractivity contribution is 5.21. The van der Waals surface area contributed by atoms with Crippen LogP contribution in [0.15, 0.2) is 18.2 Å². The summed E-state index contributed by atoms with van der Waals surface area (Å²) in [6.07, 6.45) is 1.00. The second-order valence-electron chi connectivity index (χ2n) is 4.28. The highest BCUT2D eigenvalue weighted by atomic mass is 19.1. The van der Waals surface area contributed by atoms with Crippen molar-refractivity contribution in [1.82, 2.24) is 10.2 Å². The van der Waals surface area contributed by atoms with Gasteiger partial charge in [0.1, 0.15) is 11.6 Å². The van der Waals surface area contributed by atoms with Crippen molar-refractivity contribution in [3.63, 3.8) is 0 Å². The Labute approximate surface area is 102 Å². The van der Waals surface area contributed by atoms with Crippen molar-refractivity contribution in [2.75, 3.05) is 27.2 Å². The zero-order chi connectivity index (χ0) is 12.8. The van der Waals surface area contributed by atoms with E-state index in [1.807, 2.05) is 21.0 Å². The minimum atomic E-state index is -0.531. The van der Waals surface area contributed by atoms with Crippen LogP contribution < -0.4 is 5.32 Å². The number of rotatable bonds is 6. The van der Waals surface area contributed by atoms with Crippen LogP contribution in [-0.4, -0.2) is 32.1 Å². The summed E-state index contributed by atoms with van der Waals surface area (Å²) < 4.78 is 26.4. The summed E-state index contributed by atoms with van der Waals surface area (Å²) in [5, 5.41) is 3.07. The van der Waals surface area contributed by atoms with E-state index in [9.17, 15) is 8.78 Å². The van der Waals surface area contributed by atoms with E-state index in [-0.39, 0.29) is 6.04 Å². The van der Waals surface area contributed by atoms with Crippen molar-refractivity contribution < 1.29 is 8.78 Å². The largest absolute Gasteiger partial charge is 0.320 e. The van der Waals surface area contributed by atoms with Gasteiger partial charge in [-0.2, -0.15) is 0 Å². The number of hydrogen-bond donors (Lipinski definition) is 1. The molecule has 96 valence electrons. The molecule has 0 aliphatic carbocycles. The van der Waals surface area contributed by atoms with Crippen LogP contribution in [-0.2, 0) is 0 Å². The van der Waals surface area contributed by atoms with Gasteiger partial charge in [0.2, 0.25) is 0 Å². The van der Waals surface area contributed by atoms with E-state index < -0.39 is 11.6 Å². The van der Waals surface area contributed by atoms with Gasteiger partial charge in [-0.1, -0.05) is 6.07 Å². The molecule has 0 heterocycles. The van der Waals surface area contributed by atoms with E-state index in [4.69, 9.17) is 0 Å². The molecule has 0 aliphatic heterocycles. The molecular formula is C13H20F2N2. The van der Waals surface area contributed by atoms with Crippen LogP contribution in [0.1, 0.15) is 24.9 Å². The van der Waals surface area contributed by atoms with Crippen molar-refractivity contribution in [1.29, 1.82) is 0 Å². The molecule has 0 amide bonds. The number of benzene rings is 1. The molecule has 1 N–H and O–H groups in total. The van der Waals surface area contributed by atoms with Gasteiger partial charge in [0.15, 0.2) is 0 Å². The second-order valence-corrected chi connectivity index (χ2v) is 4.28. The van der Waals surface area contributed by atoms with Gasteiger partial charge in [-0.25, -0.2) is 8.78 Å². The summed E-state index contributed by atoms with van der Waals surface area (Å²) in [6.45, 7) is 3.73. The third kappa shape index (κ3) is 4.06. The van der Waals surface area contributed by atoms with E-state index in [0.29, 0.717) is 5.56 Å². The Morgan fingerprint density at radius 2 is 2.06 bits per heavy atom. The minimum Gasteiger partial charge on any atom is -0.320 e. The van der Waals surface area contributed by atoms with E-state index in [2.05, 4.69) is 10.2 Å². The number of halogens is 2. The Morgan fingerprint density at radius 3 is 2.65 bits per heavy atom. The monoisotopic (exact) mass is 242 g/mol. The first kappa shape index (κ1) is 14.1. The van der Waals surface area contributed by atoms with E-state index in [1.165, 1.54) is 12.1 Å². The molecule has 0 aliphatic rings. The summed E-state index contributed by atoms with van der Waals surface area (Å²) in [5.74, 6) is -1.01. The Balaban J connectivity index is 2.64. The SMILES string of the molecule is CNCCCN(C)C(C)c1ccc(F)cc1F. The van der Waals surface area contributed by atoms with Gasteiger partial charge in [-0.05, 0) is 46.6 Å². The zero-order valence-electron chi connectivity index (χ0n) is 10.6. The number of nitrogens with zero attached hydrogens (tertiary/aromatic N) is 1. The van der Waals surface area contributed by atoms with Gasteiger partial charge in [-0.3, -0.25) is 4.90 Å². The molecular weight excluding hydrogens is 222 g/mol. The Hall–Kier alpha value is -1.00. The maximum atomic E-state index is 13.6. The van der Waals surface area contributed by atoms with Gasteiger partial charge >= 0.3 is 0 Å². The van der Waals surface area contributed by atoms with Crippen LogP contribution in [0.3, 0.4) is 0 Å². The van der Waals surface area contributed by atoms with E-state index in [1.54, 1.807) is 0 Å². The fraction of sp³-hybridized carbons (Fsp3) is 0.538. The van der Waals surface area contributed by atoms with Crippen LogP contribution in [0.2, 0.25) is 0 Å². The first-order valence-electron chi connectivity index (χ1n) is 5.86. The first-order valence-corrected chi connectivity index (χ1v) is 5.86. The normalized spacial score (nSPS) is 13.1. The molecule has 0 spiro atoms. The topological polar surface area (TPSA) is 15.3 Å². The molecule has 0 saturated carbocycles. The second kappa shape index (κ2) is 6.67. The Morgan fingerprint density at radius 1 is 1.35 bits per heavy atom. The number of hydrogen-bond acceptors (Lipinski definition) is 2. The summed E-state index contributed by atoms with van der Waals surface area (Å²) in [7, 11) is 3.85. The van der Waals surface area contributed by atoms with Gasteiger partial charge in [-0.15, -0.1) is 0 Å². The van der Waals surface area contributed by atoms with Crippen LogP contribution in [0.25, 0.3) is 0 Å². The van der Waals surface area contributed by atoms with Crippen LogP contribution in [0.4, 0.5) is 8.78 Å². The lowest BCUT2D eigenvalue weighted by atomic mass is 10.1. The predicted octanol–water partition coefficient (Wildman–Crippen LogP) is 2.57. The highest BCUT2D eigenvalue weighted by Gasteiger charge is 2.15. The molecule has 2 nitrogen and oxygen atoms in total. The van der Waals surface area contributed by atoms with Crippen LogP contribution in [0.5, 0.6) is 0 Å². The summed E-state index contributed by atoms with van der Waals surface area (Å²) in [4.78, 5) is 2.06. The van der Waals surface area contributed by atoms with Crippen LogP contribution >= 0.6 is 0 Å². The molecule has 1 aromatic carbocycles. The first-order chi connectivity index (χ1) is 8.06. The van der Waals surface area contributed by atoms with Crippen molar-refractivity contribution >= 4 is 0 Å². The summed E-state index contributed by atoms with van der Waals surface area (Å²) in [5.41, 5.74) is 0.540. The average molecular weight is 242 g/mol. The van der Waals surface area contributed by atoms with Gasteiger partial charge in [0, 0.05) is 17.7 Å². The summed E-state index contributed by atoms with van der Waals surface area (Å²) in [6, 6.07) is 3.71. The van der Waals surface area contributed by atoms with Crippen molar-refractivity contribution in [3.8, 4) is 0 Å². The molecule has 0 bridgehead atoms. The smallest absolute Gasteiger partial charge is 0.130 e. The van der Waals surface area contributed by atoms with Crippen molar-refractivity contribution in [2.45, 2.75) is 19.4 Å². The van der Waals surface area contributed by atoms with Crippen molar-refractivity contribution in [2.24, 2.45) is 0 Å². The standard InChI is InChI=1S/C13H20F2N2/c1-10(17(3)8-4-7-16-2)12-6-5-11(14)9-13(12)15/h5-6,9-10,16H,4,7-8H2,1-3H3. The summed E-state index contributed by atoms with van der Waals surface area (Å²) >= 11 is 0. The fourth-order valence-electron chi connectivity index (χ4n) is 1.78. The molecule has 1 rings (SSSR count). The van der Waals surface area contributed by atoms with Crippen LogP contribution in [0, 0.1) is 11.6 Å². The minimum absolute atomic E-state index is 0.0487. The lowest BCUT2D eigenvalue weighted by molar-refractivity contribution is 0.252. The predicted molar refractivity (Wildman–Crippen MR) is 65.9 cm³/mol. The van der Waals surface area contributed by atoms with E-state index in [0.717, 1.165) is 25.6 Å². The van der Waals surface area contributed by atoms with Gasteiger partial charge < -0.3 is 5.32 Å². The quantitative estimate of drug-likeness (QED) is 0.771. The maximum absolute atomic E-state index is 13.6. The average Bonchev–Trinajstić information content (AvgIpc) is 2.28. The zero-order valence-corrected chi connectivity index (χ0v) is 10.6. The number of nitrogens with one attached hydrogen (secondary N) is 1. The lowest BCUT2D eigenvalue weighted by Crippen LogP contribution is -2.26. The molecule has 0 saturated heterocycles. The van der Waals surface area contributed by atoms with Gasteiger partial charge in [0.05, 0.1) is 0 Å². The highest BCUT2D eigenvalue weighted by Crippen LogP contribution is 2.22. The molecule has 0 fully saturated rings. The molecule has 17 heavy (non-hydrogen) atoms. The fourth-order valence-corrected chi connectivity index (χ4v) is 1.78. The Bertz CT molecular complexity index is 355. The Kier molecular flexibility index (Phi) is 5.51. The molecule has 1 atom stereocenters. The van der Waals surface area contributed by atoms with Gasteiger partial charge in [0.25, 0.3) is 0 Å². The third-order valence-corrected chi connectivity index (χ3v) is 3.01. The lowest BCUT2D eigenvalue weighted by Gasteiger charge is -2.25. The third-order valence-electron chi connectivity index (χ3n) is 3.01. The molecule has 0 aromatic heterocycles. The molecule has 1 aromatic rings. The molecule has 1 unspecified atom stereocenters. The molecule has 0 radical (unpaired) electrons. The molecule has 4 heteroatoms. The maximum Gasteiger partial charge on any atom is 0.130 e.